The molecule has 0 spiro atoms. The van der Waals surface area contributed by atoms with Crippen LogP contribution in [0.25, 0.3) is 11.5 Å². The van der Waals surface area contributed by atoms with E-state index in [0.29, 0.717) is 5.56 Å². The van der Waals surface area contributed by atoms with E-state index < -0.39 is 5.91 Å². The van der Waals surface area contributed by atoms with Gasteiger partial charge in [0.15, 0.2) is 0 Å². The SMILES string of the molecule is NNC(=O)Cc1nnc(-c2ccc(F)cc2)o1. The summed E-state index contributed by atoms with van der Waals surface area (Å²) in [6.45, 7) is 0. The summed E-state index contributed by atoms with van der Waals surface area (Å²) < 4.78 is 17.9. The van der Waals surface area contributed by atoms with Crippen LogP contribution in [0.3, 0.4) is 0 Å². The quantitative estimate of drug-likeness (QED) is 0.457. The van der Waals surface area contributed by atoms with Crippen LogP contribution < -0.4 is 11.3 Å². The number of nitrogens with two attached hydrogens (primary N) is 1. The van der Waals surface area contributed by atoms with Crippen molar-refractivity contribution in [3.63, 3.8) is 0 Å². The van der Waals surface area contributed by atoms with Crippen LogP contribution in [0, 0.1) is 5.82 Å². The molecule has 0 unspecified atom stereocenters. The Labute approximate surface area is 95.6 Å². The third-order valence-corrected chi connectivity index (χ3v) is 2.03. The second-order valence-electron chi connectivity index (χ2n) is 3.25. The number of benzene rings is 1. The van der Waals surface area contributed by atoms with Gasteiger partial charge in [0.1, 0.15) is 12.2 Å². The standard InChI is InChI=1S/C10H9FN4O2/c11-7-3-1-6(2-4-7)10-15-14-9(17-10)5-8(16)13-12/h1-4H,5,12H2,(H,13,16). The van der Waals surface area contributed by atoms with Gasteiger partial charge in [0.25, 0.3) is 0 Å². The first-order chi connectivity index (χ1) is 8.19. The molecule has 0 atom stereocenters. The van der Waals surface area contributed by atoms with Gasteiger partial charge < -0.3 is 4.42 Å². The van der Waals surface area contributed by atoms with Crippen LogP contribution >= 0.6 is 0 Å². The Morgan fingerprint density at radius 2 is 2.06 bits per heavy atom. The highest BCUT2D eigenvalue weighted by atomic mass is 19.1. The zero-order chi connectivity index (χ0) is 12.3. The number of carbonyl (C=O) groups excluding carboxylic acids is 1. The number of halogens is 1. The fourth-order valence-electron chi connectivity index (χ4n) is 1.22. The Morgan fingerprint density at radius 1 is 1.35 bits per heavy atom. The Balaban J connectivity index is 2.18. The van der Waals surface area contributed by atoms with Gasteiger partial charge in [0.05, 0.1) is 0 Å². The summed E-state index contributed by atoms with van der Waals surface area (Å²) in [5.41, 5.74) is 2.54. The van der Waals surface area contributed by atoms with Gasteiger partial charge in [-0.2, -0.15) is 0 Å². The predicted molar refractivity (Wildman–Crippen MR) is 55.7 cm³/mol. The lowest BCUT2D eigenvalue weighted by molar-refractivity contribution is -0.120. The van der Waals surface area contributed by atoms with Gasteiger partial charge in [0.2, 0.25) is 17.7 Å². The monoisotopic (exact) mass is 236 g/mol. The highest BCUT2D eigenvalue weighted by molar-refractivity contribution is 5.76. The normalized spacial score (nSPS) is 10.2. The minimum atomic E-state index is -0.431. The molecule has 1 aromatic carbocycles. The van der Waals surface area contributed by atoms with Crippen molar-refractivity contribution in [1.29, 1.82) is 0 Å². The molecular formula is C10H9FN4O2. The molecule has 0 saturated carbocycles. The molecule has 7 heteroatoms. The van der Waals surface area contributed by atoms with Gasteiger partial charge in [-0.1, -0.05) is 0 Å². The average molecular weight is 236 g/mol. The van der Waals surface area contributed by atoms with E-state index in [1.165, 1.54) is 24.3 Å². The van der Waals surface area contributed by atoms with E-state index >= 15 is 0 Å². The predicted octanol–water partition coefficient (Wildman–Crippen LogP) is 0.408. The summed E-state index contributed by atoms with van der Waals surface area (Å²) in [6, 6.07) is 5.59. The number of nitrogens with zero attached hydrogens (tertiary/aromatic N) is 2. The highest BCUT2D eigenvalue weighted by Crippen LogP contribution is 2.17. The molecule has 2 aromatic rings. The summed E-state index contributed by atoms with van der Waals surface area (Å²) in [7, 11) is 0. The molecule has 3 N–H and O–H groups in total. The fourth-order valence-corrected chi connectivity index (χ4v) is 1.22. The molecule has 0 radical (unpaired) electrons. The summed E-state index contributed by atoms with van der Waals surface area (Å²) in [5, 5.41) is 7.42. The van der Waals surface area contributed by atoms with Gasteiger partial charge in [-0.05, 0) is 24.3 Å². The first-order valence-electron chi connectivity index (χ1n) is 4.77. The van der Waals surface area contributed by atoms with Gasteiger partial charge >= 0.3 is 0 Å². The molecule has 0 fully saturated rings. The first kappa shape index (κ1) is 11.2. The highest BCUT2D eigenvalue weighted by Gasteiger charge is 2.11. The van der Waals surface area contributed by atoms with Crippen LogP contribution in [0.4, 0.5) is 4.39 Å². The van der Waals surface area contributed by atoms with E-state index in [2.05, 4.69) is 10.2 Å². The largest absolute Gasteiger partial charge is 0.420 e. The molecule has 17 heavy (non-hydrogen) atoms. The number of rotatable bonds is 3. The van der Waals surface area contributed by atoms with Crippen LogP contribution in [-0.4, -0.2) is 16.1 Å². The lowest BCUT2D eigenvalue weighted by Gasteiger charge is -1.94. The number of hydrogen-bond donors (Lipinski definition) is 2. The molecule has 0 aliphatic heterocycles. The van der Waals surface area contributed by atoms with Gasteiger partial charge in [-0.25, -0.2) is 10.2 Å². The maximum Gasteiger partial charge on any atom is 0.247 e. The van der Waals surface area contributed by atoms with Crippen LogP contribution in [0.15, 0.2) is 28.7 Å². The molecule has 0 bridgehead atoms. The van der Waals surface area contributed by atoms with Gasteiger partial charge in [-0.15, -0.1) is 10.2 Å². The topological polar surface area (TPSA) is 94.0 Å². The third kappa shape index (κ3) is 2.64. The first-order valence-corrected chi connectivity index (χ1v) is 4.77. The average Bonchev–Trinajstić information content (AvgIpc) is 2.78. The van der Waals surface area contributed by atoms with Crippen LogP contribution in [0.2, 0.25) is 0 Å². The second-order valence-corrected chi connectivity index (χ2v) is 3.25. The smallest absolute Gasteiger partial charge is 0.247 e. The molecule has 0 saturated heterocycles. The summed E-state index contributed by atoms with van der Waals surface area (Å²) in [6.07, 6.45) is -0.0926. The van der Waals surface area contributed by atoms with Crippen LogP contribution in [-0.2, 0) is 11.2 Å². The van der Waals surface area contributed by atoms with E-state index in [4.69, 9.17) is 10.3 Å². The van der Waals surface area contributed by atoms with E-state index in [-0.39, 0.29) is 24.0 Å². The molecule has 0 aliphatic carbocycles. The van der Waals surface area contributed by atoms with Crippen molar-refractivity contribution >= 4 is 5.91 Å². The molecule has 1 amide bonds. The number of hydrazine groups is 1. The van der Waals surface area contributed by atoms with Gasteiger partial charge in [0, 0.05) is 5.56 Å². The molecule has 2 rings (SSSR count). The van der Waals surface area contributed by atoms with Gasteiger partial charge in [-0.3, -0.25) is 10.2 Å². The van der Waals surface area contributed by atoms with Crippen molar-refractivity contribution in [2.24, 2.45) is 5.84 Å². The lowest BCUT2D eigenvalue weighted by Crippen LogP contribution is -2.31. The van der Waals surface area contributed by atoms with E-state index in [0.717, 1.165) is 0 Å². The Bertz CT molecular complexity index is 523. The molecular weight excluding hydrogens is 227 g/mol. The molecule has 88 valence electrons. The molecule has 0 aliphatic rings. The van der Waals surface area contributed by atoms with Crippen LogP contribution in [0.1, 0.15) is 5.89 Å². The van der Waals surface area contributed by atoms with Crippen molar-refractivity contribution in [2.45, 2.75) is 6.42 Å². The summed E-state index contributed by atoms with van der Waals surface area (Å²) in [5.74, 6) is 4.51. The van der Waals surface area contributed by atoms with Crippen molar-refractivity contribution in [2.75, 3.05) is 0 Å². The second kappa shape index (κ2) is 4.71. The maximum absolute atomic E-state index is 12.7. The fraction of sp³-hybridized carbons (Fsp3) is 0.100. The van der Waals surface area contributed by atoms with Crippen molar-refractivity contribution in [3.8, 4) is 11.5 Å². The number of carbonyl (C=O) groups is 1. The number of hydrogen-bond acceptors (Lipinski definition) is 5. The van der Waals surface area contributed by atoms with Crippen molar-refractivity contribution in [3.05, 3.63) is 36.0 Å². The molecule has 6 nitrogen and oxygen atoms in total. The zero-order valence-electron chi connectivity index (χ0n) is 8.68. The Hall–Kier alpha value is -2.28. The number of amides is 1. The molecule has 1 heterocycles. The van der Waals surface area contributed by atoms with Crippen LogP contribution in [0.5, 0.6) is 0 Å². The van der Waals surface area contributed by atoms with Crippen molar-refractivity contribution in [1.82, 2.24) is 15.6 Å². The molecule has 1 aromatic heterocycles. The Kier molecular flexibility index (Phi) is 3.10. The summed E-state index contributed by atoms with van der Waals surface area (Å²) in [4.78, 5) is 11.0. The number of aromatic nitrogens is 2. The minimum absolute atomic E-state index is 0.0926. The third-order valence-electron chi connectivity index (χ3n) is 2.03. The summed E-state index contributed by atoms with van der Waals surface area (Å²) >= 11 is 0. The lowest BCUT2D eigenvalue weighted by atomic mass is 10.2. The zero-order valence-corrected chi connectivity index (χ0v) is 8.68. The van der Waals surface area contributed by atoms with E-state index in [1.807, 2.05) is 5.43 Å². The van der Waals surface area contributed by atoms with E-state index in [1.54, 1.807) is 0 Å². The Morgan fingerprint density at radius 3 is 2.71 bits per heavy atom. The minimum Gasteiger partial charge on any atom is -0.420 e. The van der Waals surface area contributed by atoms with Crippen molar-refractivity contribution < 1.29 is 13.6 Å². The maximum atomic E-state index is 12.7. The van der Waals surface area contributed by atoms with E-state index in [9.17, 15) is 9.18 Å². The number of nitrogens with one attached hydrogen (secondary N) is 1.